The van der Waals surface area contributed by atoms with Crippen LogP contribution in [0.1, 0.15) is 25.3 Å². The van der Waals surface area contributed by atoms with E-state index in [0.717, 1.165) is 31.2 Å². The third kappa shape index (κ3) is 4.16. The molecule has 5 nitrogen and oxygen atoms in total. The molecule has 0 heterocycles. The van der Waals surface area contributed by atoms with E-state index in [0.29, 0.717) is 6.54 Å². The van der Waals surface area contributed by atoms with Crippen molar-refractivity contribution in [3.05, 3.63) is 38.9 Å². The molecule has 0 saturated heterocycles. The highest BCUT2D eigenvalue weighted by Crippen LogP contribution is 2.26. The first-order valence-corrected chi connectivity index (χ1v) is 7.37. The molecule has 0 bridgehead atoms. The van der Waals surface area contributed by atoms with E-state index in [2.05, 4.69) is 17.1 Å². The molecule has 6 heteroatoms. The van der Waals surface area contributed by atoms with Crippen molar-refractivity contribution in [1.82, 2.24) is 10.2 Å². The molecule has 0 aliphatic heterocycles. The van der Waals surface area contributed by atoms with Crippen molar-refractivity contribution >= 4 is 17.3 Å². The van der Waals surface area contributed by atoms with E-state index >= 15 is 0 Å². The number of benzene rings is 1. The van der Waals surface area contributed by atoms with Gasteiger partial charge in [0.05, 0.1) is 4.92 Å². The maximum absolute atomic E-state index is 10.8. The van der Waals surface area contributed by atoms with Crippen LogP contribution in [0.15, 0.2) is 18.2 Å². The lowest BCUT2D eigenvalue weighted by Gasteiger charge is -2.19. The summed E-state index contributed by atoms with van der Waals surface area (Å²) >= 11 is 5.79. The van der Waals surface area contributed by atoms with Gasteiger partial charge in [-0.25, -0.2) is 0 Å². The lowest BCUT2D eigenvalue weighted by atomic mass is 10.2. The van der Waals surface area contributed by atoms with Crippen molar-refractivity contribution in [1.29, 1.82) is 0 Å². The van der Waals surface area contributed by atoms with E-state index in [1.54, 1.807) is 6.07 Å². The number of rotatable bonds is 8. The molecule has 0 aromatic heterocycles. The van der Waals surface area contributed by atoms with Crippen LogP contribution < -0.4 is 5.32 Å². The average Bonchev–Trinajstić information content (AvgIpc) is 3.24. The Balaban J connectivity index is 1.79. The maximum atomic E-state index is 10.8. The van der Waals surface area contributed by atoms with Gasteiger partial charge in [-0.3, -0.25) is 15.0 Å². The number of nitrogens with one attached hydrogen (secondary N) is 1. The molecule has 2 rings (SSSR count). The predicted molar refractivity (Wildman–Crippen MR) is 80.1 cm³/mol. The van der Waals surface area contributed by atoms with Gasteiger partial charge in [-0.1, -0.05) is 24.6 Å². The maximum Gasteiger partial charge on any atom is 0.288 e. The Bertz CT molecular complexity index is 477. The predicted octanol–water partition coefficient (Wildman–Crippen LogP) is 2.82. The van der Waals surface area contributed by atoms with Gasteiger partial charge in [0.15, 0.2) is 0 Å². The van der Waals surface area contributed by atoms with E-state index in [1.807, 2.05) is 6.07 Å². The molecule has 110 valence electrons. The number of halogens is 1. The molecule has 1 aliphatic rings. The number of nitro groups is 1. The van der Waals surface area contributed by atoms with Crippen LogP contribution in [0, 0.1) is 10.1 Å². The van der Waals surface area contributed by atoms with Gasteiger partial charge in [0.1, 0.15) is 5.02 Å². The summed E-state index contributed by atoms with van der Waals surface area (Å²) in [7, 11) is 0. The Labute approximate surface area is 124 Å². The first kappa shape index (κ1) is 15.2. The van der Waals surface area contributed by atoms with Gasteiger partial charge in [-0.15, -0.1) is 0 Å². The van der Waals surface area contributed by atoms with Crippen LogP contribution in [-0.4, -0.2) is 35.5 Å². The largest absolute Gasteiger partial charge is 0.311 e. The fourth-order valence-corrected chi connectivity index (χ4v) is 2.49. The highest BCUT2D eigenvalue weighted by Gasteiger charge is 2.26. The molecule has 1 saturated carbocycles. The van der Waals surface area contributed by atoms with Gasteiger partial charge in [0.25, 0.3) is 5.69 Å². The number of likely N-dealkylation sites (N-methyl/N-ethyl adjacent to an activating group) is 1. The Morgan fingerprint density at radius 1 is 1.50 bits per heavy atom. The molecule has 0 amide bonds. The van der Waals surface area contributed by atoms with Crippen molar-refractivity contribution in [3.63, 3.8) is 0 Å². The summed E-state index contributed by atoms with van der Waals surface area (Å²) in [6.07, 6.45) is 2.63. The molecule has 1 fully saturated rings. The minimum absolute atomic E-state index is 0.0286. The van der Waals surface area contributed by atoms with Crippen LogP contribution in [0.25, 0.3) is 0 Å². The van der Waals surface area contributed by atoms with Gasteiger partial charge in [-0.05, 0) is 31.0 Å². The van der Waals surface area contributed by atoms with Crippen LogP contribution in [0.3, 0.4) is 0 Å². The van der Waals surface area contributed by atoms with E-state index in [9.17, 15) is 10.1 Å². The molecular formula is C14H20ClN3O2. The van der Waals surface area contributed by atoms with Crippen molar-refractivity contribution in [2.45, 2.75) is 32.4 Å². The van der Waals surface area contributed by atoms with Gasteiger partial charge in [0.2, 0.25) is 0 Å². The molecule has 1 aliphatic carbocycles. The second-order valence-corrected chi connectivity index (χ2v) is 5.49. The fourth-order valence-electron chi connectivity index (χ4n) is 2.30. The Morgan fingerprint density at radius 3 is 2.85 bits per heavy atom. The van der Waals surface area contributed by atoms with Crippen LogP contribution in [0.5, 0.6) is 0 Å². The van der Waals surface area contributed by atoms with E-state index in [4.69, 9.17) is 11.6 Å². The van der Waals surface area contributed by atoms with Crippen molar-refractivity contribution < 1.29 is 4.92 Å². The van der Waals surface area contributed by atoms with Gasteiger partial charge < -0.3 is 5.32 Å². The summed E-state index contributed by atoms with van der Waals surface area (Å²) in [6.45, 7) is 5.80. The molecule has 0 radical (unpaired) electrons. The first-order valence-electron chi connectivity index (χ1n) is 6.99. The first-order chi connectivity index (χ1) is 9.61. The zero-order chi connectivity index (χ0) is 14.5. The lowest BCUT2D eigenvalue weighted by molar-refractivity contribution is -0.384. The van der Waals surface area contributed by atoms with E-state index in [1.165, 1.54) is 18.9 Å². The molecular weight excluding hydrogens is 278 g/mol. The van der Waals surface area contributed by atoms with E-state index < -0.39 is 4.92 Å². The van der Waals surface area contributed by atoms with Crippen molar-refractivity contribution in [2.75, 3.05) is 19.6 Å². The fraction of sp³-hybridized carbons (Fsp3) is 0.571. The number of nitrogens with zero attached hydrogens (tertiary/aromatic N) is 2. The monoisotopic (exact) mass is 297 g/mol. The zero-order valence-electron chi connectivity index (χ0n) is 11.6. The summed E-state index contributed by atoms with van der Waals surface area (Å²) in [5.41, 5.74) is 0.856. The van der Waals surface area contributed by atoms with Gasteiger partial charge in [0, 0.05) is 31.7 Å². The minimum Gasteiger partial charge on any atom is -0.311 e. The van der Waals surface area contributed by atoms with Crippen LogP contribution in [0.2, 0.25) is 5.02 Å². The standard InChI is InChI=1S/C14H20ClN3O2/c1-2-17(12-4-5-12)8-7-16-10-11-3-6-13(15)14(9-11)18(19)20/h3,6,9,12,16H,2,4-5,7-8,10H2,1H3. The Hall–Kier alpha value is -1.17. The summed E-state index contributed by atoms with van der Waals surface area (Å²) in [5, 5.41) is 14.3. The summed E-state index contributed by atoms with van der Waals surface area (Å²) in [5.74, 6) is 0. The SMILES string of the molecule is CCN(CCNCc1ccc(Cl)c([N+](=O)[O-])c1)C1CC1. The molecule has 0 atom stereocenters. The normalized spacial score (nSPS) is 14.8. The molecule has 0 spiro atoms. The number of hydrogen-bond donors (Lipinski definition) is 1. The summed E-state index contributed by atoms with van der Waals surface area (Å²) in [6, 6.07) is 5.71. The van der Waals surface area contributed by atoms with Gasteiger partial charge >= 0.3 is 0 Å². The summed E-state index contributed by atoms with van der Waals surface area (Å²) in [4.78, 5) is 12.8. The number of hydrogen-bond acceptors (Lipinski definition) is 4. The number of nitro benzene ring substituents is 1. The summed E-state index contributed by atoms with van der Waals surface area (Å²) < 4.78 is 0. The van der Waals surface area contributed by atoms with Gasteiger partial charge in [-0.2, -0.15) is 0 Å². The Morgan fingerprint density at radius 2 is 2.25 bits per heavy atom. The minimum atomic E-state index is -0.447. The molecule has 0 unspecified atom stereocenters. The topological polar surface area (TPSA) is 58.4 Å². The third-order valence-corrected chi connectivity index (χ3v) is 3.90. The smallest absolute Gasteiger partial charge is 0.288 e. The highest BCUT2D eigenvalue weighted by molar-refractivity contribution is 6.32. The van der Waals surface area contributed by atoms with E-state index in [-0.39, 0.29) is 10.7 Å². The molecule has 20 heavy (non-hydrogen) atoms. The molecule has 1 aromatic carbocycles. The van der Waals surface area contributed by atoms with Crippen LogP contribution in [-0.2, 0) is 6.54 Å². The Kier molecular flexibility index (Phi) is 5.34. The lowest BCUT2D eigenvalue weighted by Crippen LogP contribution is -2.33. The van der Waals surface area contributed by atoms with Crippen LogP contribution >= 0.6 is 11.6 Å². The second kappa shape index (κ2) is 7.02. The third-order valence-electron chi connectivity index (χ3n) is 3.58. The highest BCUT2D eigenvalue weighted by atomic mass is 35.5. The molecule has 1 aromatic rings. The quantitative estimate of drug-likeness (QED) is 0.455. The van der Waals surface area contributed by atoms with Crippen molar-refractivity contribution in [2.24, 2.45) is 0 Å². The van der Waals surface area contributed by atoms with Crippen molar-refractivity contribution in [3.8, 4) is 0 Å². The second-order valence-electron chi connectivity index (χ2n) is 5.08. The van der Waals surface area contributed by atoms with Crippen LogP contribution in [0.4, 0.5) is 5.69 Å². The zero-order valence-corrected chi connectivity index (χ0v) is 12.4. The average molecular weight is 298 g/mol. The molecule has 1 N–H and O–H groups in total.